The number of anilines is 2. The molecule has 3 amide bonds. The van der Waals surface area contributed by atoms with E-state index < -0.39 is 24.0 Å². The number of fused-ring (bicyclic) bond motifs is 1. The average molecular weight is 439 g/mol. The van der Waals surface area contributed by atoms with Crippen LogP contribution in [0.2, 0.25) is 0 Å². The molecule has 0 aromatic heterocycles. The zero-order chi connectivity index (χ0) is 22.9. The second kappa shape index (κ2) is 10.9. The predicted octanol–water partition coefficient (Wildman–Crippen LogP) is 3.52. The number of carboxylic acid groups (broad SMARTS) is 1. The Morgan fingerprint density at radius 3 is 2.56 bits per heavy atom. The molecule has 1 atom stereocenters. The summed E-state index contributed by atoms with van der Waals surface area (Å²) in [6.45, 7) is 0.113. The number of aliphatic carboxylic acids is 1. The molecule has 0 spiro atoms. The molecule has 0 fully saturated rings. The number of benzene rings is 2. The maximum atomic E-state index is 12.7. The van der Waals surface area contributed by atoms with Crippen molar-refractivity contribution in [3.8, 4) is 0 Å². The van der Waals surface area contributed by atoms with E-state index in [1.54, 1.807) is 12.1 Å². The summed E-state index contributed by atoms with van der Waals surface area (Å²) in [5.74, 6) is -1.62. The Morgan fingerprint density at radius 1 is 1.03 bits per heavy atom. The molecule has 9 heteroatoms. The smallest absolute Gasteiger partial charge is 0.411 e. The molecular weight excluding hydrogens is 414 g/mol. The lowest BCUT2D eigenvalue weighted by Crippen LogP contribution is -2.41. The number of nitrogens with one attached hydrogen (secondary N) is 3. The van der Waals surface area contributed by atoms with Crippen LogP contribution in [0, 0.1) is 0 Å². The van der Waals surface area contributed by atoms with E-state index in [9.17, 15) is 19.2 Å². The van der Waals surface area contributed by atoms with Crippen LogP contribution < -0.4 is 16.0 Å². The average Bonchev–Trinajstić information content (AvgIpc) is 2.89. The van der Waals surface area contributed by atoms with Crippen LogP contribution in [0.25, 0.3) is 0 Å². The first-order valence-electron chi connectivity index (χ1n) is 10.4. The fraction of sp³-hybridized carbons (Fsp3) is 0.304. The molecule has 0 saturated heterocycles. The van der Waals surface area contributed by atoms with Gasteiger partial charge in [0.1, 0.15) is 12.6 Å². The molecule has 0 aliphatic carbocycles. The van der Waals surface area contributed by atoms with Crippen molar-refractivity contribution in [3.05, 3.63) is 59.7 Å². The van der Waals surface area contributed by atoms with Gasteiger partial charge in [-0.25, -0.2) is 4.79 Å². The molecule has 0 bridgehead atoms. The van der Waals surface area contributed by atoms with Crippen molar-refractivity contribution >= 4 is 35.3 Å². The summed E-state index contributed by atoms with van der Waals surface area (Å²) in [6, 6.07) is 13.1. The SMILES string of the molecule is O=C(O)CCCCCC1NC(=O)c2cc(NC(=O)OCc3ccccc3)ccc2NC1=O. The van der Waals surface area contributed by atoms with Gasteiger partial charge in [-0.1, -0.05) is 43.2 Å². The van der Waals surface area contributed by atoms with Crippen LogP contribution >= 0.6 is 0 Å². The van der Waals surface area contributed by atoms with Crippen molar-refractivity contribution in [2.75, 3.05) is 10.6 Å². The quantitative estimate of drug-likeness (QED) is 0.442. The number of carbonyl (C=O) groups excluding carboxylic acids is 3. The number of carboxylic acids is 1. The molecule has 2 aromatic carbocycles. The lowest BCUT2D eigenvalue weighted by Gasteiger charge is -2.14. The van der Waals surface area contributed by atoms with Gasteiger partial charge in [0.15, 0.2) is 0 Å². The highest BCUT2D eigenvalue weighted by atomic mass is 16.5. The summed E-state index contributed by atoms with van der Waals surface area (Å²) in [5.41, 5.74) is 1.79. The zero-order valence-corrected chi connectivity index (χ0v) is 17.4. The van der Waals surface area contributed by atoms with Crippen molar-refractivity contribution in [1.82, 2.24) is 5.32 Å². The third-order valence-electron chi connectivity index (χ3n) is 4.99. The summed E-state index contributed by atoms with van der Waals surface area (Å²) in [4.78, 5) is 47.8. The monoisotopic (exact) mass is 439 g/mol. The van der Waals surface area contributed by atoms with Crippen LogP contribution in [0.1, 0.15) is 48.0 Å². The Kier molecular flexibility index (Phi) is 7.80. The summed E-state index contributed by atoms with van der Waals surface area (Å²) >= 11 is 0. The maximum Gasteiger partial charge on any atom is 0.411 e. The summed E-state index contributed by atoms with van der Waals surface area (Å²) in [7, 11) is 0. The zero-order valence-electron chi connectivity index (χ0n) is 17.4. The van der Waals surface area contributed by atoms with E-state index in [4.69, 9.17) is 9.84 Å². The standard InChI is InChI=1S/C23H25N3O6/c27-20(28)10-6-2-5-9-19-22(30)25-18-12-11-16(13-17(18)21(29)26-19)24-23(31)32-14-15-7-3-1-4-8-15/h1,3-4,7-8,11-13,19H,2,5-6,9-10,14H2,(H,24,31)(H,25,30)(H,26,29)(H,27,28). The van der Waals surface area contributed by atoms with E-state index in [1.807, 2.05) is 30.3 Å². The molecule has 1 aliphatic rings. The van der Waals surface area contributed by atoms with E-state index in [0.717, 1.165) is 5.56 Å². The fourth-order valence-electron chi connectivity index (χ4n) is 3.32. The van der Waals surface area contributed by atoms with Gasteiger partial charge < -0.3 is 20.5 Å². The van der Waals surface area contributed by atoms with Crippen molar-refractivity contribution < 1.29 is 29.0 Å². The van der Waals surface area contributed by atoms with Gasteiger partial charge in [0.25, 0.3) is 5.91 Å². The van der Waals surface area contributed by atoms with Gasteiger partial charge in [0.2, 0.25) is 5.91 Å². The molecule has 168 valence electrons. The number of carbonyl (C=O) groups is 4. The van der Waals surface area contributed by atoms with Gasteiger partial charge in [0, 0.05) is 12.1 Å². The van der Waals surface area contributed by atoms with Crippen molar-refractivity contribution in [2.45, 2.75) is 44.8 Å². The molecule has 32 heavy (non-hydrogen) atoms. The minimum atomic E-state index is -0.852. The third-order valence-corrected chi connectivity index (χ3v) is 4.99. The molecule has 1 aliphatic heterocycles. The third kappa shape index (κ3) is 6.56. The van der Waals surface area contributed by atoms with Gasteiger partial charge in [-0.05, 0) is 36.6 Å². The minimum absolute atomic E-state index is 0.0816. The van der Waals surface area contributed by atoms with Crippen LogP contribution in [0.5, 0.6) is 0 Å². The number of hydrogen-bond donors (Lipinski definition) is 4. The Hall–Kier alpha value is -3.88. The molecule has 4 N–H and O–H groups in total. The number of unbranched alkanes of at least 4 members (excludes halogenated alkanes) is 2. The van der Waals surface area contributed by atoms with Crippen molar-refractivity contribution in [3.63, 3.8) is 0 Å². The van der Waals surface area contributed by atoms with Crippen LogP contribution in [0.3, 0.4) is 0 Å². The molecular formula is C23H25N3O6. The lowest BCUT2D eigenvalue weighted by atomic mass is 10.1. The number of rotatable bonds is 9. The molecule has 9 nitrogen and oxygen atoms in total. The Morgan fingerprint density at radius 2 is 1.81 bits per heavy atom. The fourth-order valence-corrected chi connectivity index (χ4v) is 3.32. The lowest BCUT2D eigenvalue weighted by molar-refractivity contribution is -0.137. The Balaban J connectivity index is 1.56. The maximum absolute atomic E-state index is 12.7. The largest absolute Gasteiger partial charge is 0.481 e. The van der Waals surface area contributed by atoms with Gasteiger partial charge in [-0.15, -0.1) is 0 Å². The molecule has 3 rings (SSSR count). The van der Waals surface area contributed by atoms with Crippen LogP contribution in [0.4, 0.5) is 16.2 Å². The van der Waals surface area contributed by atoms with E-state index in [1.165, 1.54) is 6.07 Å². The van der Waals surface area contributed by atoms with Crippen LogP contribution in [-0.2, 0) is 20.9 Å². The second-order valence-corrected chi connectivity index (χ2v) is 7.46. The molecule has 1 unspecified atom stereocenters. The molecule has 1 heterocycles. The summed E-state index contributed by atoms with van der Waals surface area (Å²) in [5, 5.41) is 16.7. The molecule has 0 saturated carbocycles. The topological polar surface area (TPSA) is 134 Å². The Bertz CT molecular complexity index is 992. The van der Waals surface area contributed by atoms with Gasteiger partial charge in [0.05, 0.1) is 11.3 Å². The van der Waals surface area contributed by atoms with Crippen LogP contribution in [-0.4, -0.2) is 35.0 Å². The number of amides is 3. The van der Waals surface area contributed by atoms with Crippen molar-refractivity contribution in [2.24, 2.45) is 0 Å². The van der Waals surface area contributed by atoms with E-state index >= 15 is 0 Å². The van der Waals surface area contributed by atoms with Crippen LogP contribution in [0.15, 0.2) is 48.5 Å². The van der Waals surface area contributed by atoms with Gasteiger partial charge >= 0.3 is 12.1 Å². The van der Waals surface area contributed by atoms with E-state index in [0.29, 0.717) is 37.1 Å². The Labute approximate surface area is 185 Å². The first-order valence-corrected chi connectivity index (χ1v) is 10.4. The minimum Gasteiger partial charge on any atom is -0.481 e. The highest BCUT2D eigenvalue weighted by Crippen LogP contribution is 2.24. The summed E-state index contributed by atoms with van der Waals surface area (Å²) in [6.07, 6.45) is 1.61. The van der Waals surface area contributed by atoms with Gasteiger partial charge in [-0.2, -0.15) is 0 Å². The summed E-state index contributed by atoms with van der Waals surface area (Å²) < 4.78 is 5.18. The number of ether oxygens (including phenoxy) is 1. The van der Waals surface area contributed by atoms with Crippen molar-refractivity contribution in [1.29, 1.82) is 0 Å². The van der Waals surface area contributed by atoms with Gasteiger partial charge in [-0.3, -0.25) is 19.7 Å². The highest BCUT2D eigenvalue weighted by molar-refractivity contribution is 6.10. The highest BCUT2D eigenvalue weighted by Gasteiger charge is 2.27. The van der Waals surface area contributed by atoms with E-state index in [-0.39, 0.29) is 24.5 Å². The predicted molar refractivity (Wildman–Crippen MR) is 117 cm³/mol. The second-order valence-electron chi connectivity index (χ2n) is 7.46. The molecule has 2 aromatic rings. The first-order chi connectivity index (χ1) is 15.4. The number of hydrogen-bond acceptors (Lipinski definition) is 5. The first kappa shape index (κ1) is 22.8. The normalized spacial score (nSPS) is 15.1. The van der Waals surface area contributed by atoms with E-state index in [2.05, 4.69) is 16.0 Å². The molecule has 0 radical (unpaired) electrons.